The Balaban J connectivity index is 1.75. The van der Waals surface area contributed by atoms with Crippen molar-refractivity contribution in [3.8, 4) is 0 Å². The van der Waals surface area contributed by atoms with Gasteiger partial charge in [0, 0.05) is 48.0 Å². The summed E-state index contributed by atoms with van der Waals surface area (Å²) >= 11 is 3.98. The molecule has 1 aromatic heterocycles. The first-order chi connectivity index (χ1) is 9.24. The SMILES string of the molecule is CC(C)NCc1sc(N2CCSCC2)nc1C1CC1. The van der Waals surface area contributed by atoms with Crippen molar-refractivity contribution in [2.24, 2.45) is 0 Å². The fourth-order valence-electron chi connectivity index (χ4n) is 2.34. The summed E-state index contributed by atoms with van der Waals surface area (Å²) in [5, 5.41) is 4.82. The number of hydrogen-bond acceptors (Lipinski definition) is 5. The van der Waals surface area contributed by atoms with Crippen molar-refractivity contribution in [1.29, 1.82) is 0 Å². The van der Waals surface area contributed by atoms with E-state index < -0.39 is 0 Å². The van der Waals surface area contributed by atoms with Crippen LogP contribution in [0.4, 0.5) is 5.13 Å². The molecule has 0 unspecified atom stereocenters. The average molecular weight is 297 g/mol. The van der Waals surface area contributed by atoms with E-state index in [1.54, 1.807) is 0 Å². The summed E-state index contributed by atoms with van der Waals surface area (Å²) in [6, 6.07) is 0.545. The molecule has 0 spiro atoms. The molecule has 1 aliphatic heterocycles. The van der Waals surface area contributed by atoms with Gasteiger partial charge in [0.2, 0.25) is 0 Å². The molecule has 1 aromatic rings. The lowest BCUT2D eigenvalue weighted by molar-refractivity contribution is 0.590. The van der Waals surface area contributed by atoms with Crippen LogP contribution < -0.4 is 10.2 Å². The third-order valence-electron chi connectivity index (χ3n) is 3.63. The summed E-state index contributed by atoms with van der Waals surface area (Å²) < 4.78 is 0. The van der Waals surface area contributed by atoms with E-state index in [0.29, 0.717) is 6.04 Å². The second-order valence-corrected chi connectivity index (χ2v) is 8.00. The van der Waals surface area contributed by atoms with Crippen LogP contribution in [0.3, 0.4) is 0 Å². The van der Waals surface area contributed by atoms with Crippen molar-refractivity contribution in [1.82, 2.24) is 10.3 Å². The molecule has 1 N–H and O–H groups in total. The van der Waals surface area contributed by atoms with E-state index in [2.05, 4.69) is 35.8 Å². The Kier molecular flexibility index (Phi) is 4.34. The van der Waals surface area contributed by atoms with Gasteiger partial charge in [-0.3, -0.25) is 0 Å². The predicted octanol–water partition coefficient (Wildman–Crippen LogP) is 3.07. The molecule has 3 rings (SSSR count). The molecule has 0 radical (unpaired) electrons. The Hall–Kier alpha value is -0.260. The molecule has 2 fully saturated rings. The lowest BCUT2D eigenvalue weighted by Crippen LogP contribution is -2.32. The lowest BCUT2D eigenvalue weighted by atomic mass is 10.2. The molecule has 0 bridgehead atoms. The number of thioether (sulfide) groups is 1. The normalized spacial score (nSPS) is 20.3. The van der Waals surface area contributed by atoms with Crippen molar-refractivity contribution in [3.63, 3.8) is 0 Å². The van der Waals surface area contributed by atoms with Crippen LogP contribution in [-0.2, 0) is 6.54 Å². The second-order valence-electron chi connectivity index (χ2n) is 5.71. The van der Waals surface area contributed by atoms with E-state index in [9.17, 15) is 0 Å². The highest BCUT2D eigenvalue weighted by Gasteiger charge is 2.30. The topological polar surface area (TPSA) is 28.2 Å². The van der Waals surface area contributed by atoms with Gasteiger partial charge < -0.3 is 10.2 Å². The zero-order valence-corrected chi connectivity index (χ0v) is 13.4. The maximum Gasteiger partial charge on any atom is 0.185 e. The van der Waals surface area contributed by atoms with Crippen LogP contribution in [0.1, 0.15) is 43.2 Å². The number of nitrogens with zero attached hydrogens (tertiary/aromatic N) is 2. The molecule has 1 aliphatic carbocycles. The van der Waals surface area contributed by atoms with Crippen LogP contribution >= 0.6 is 23.1 Å². The Morgan fingerprint density at radius 3 is 2.68 bits per heavy atom. The Bertz CT molecular complexity index is 420. The van der Waals surface area contributed by atoms with E-state index in [4.69, 9.17) is 4.98 Å². The number of thiazole rings is 1. The van der Waals surface area contributed by atoms with Gasteiger partial charge in [-0.2, -0.15) is 11.8 Å². The fraction of sp³-hybridized carbons (Fsp3) is 0.786. The largest absolute Gasteiger partial charge is 0.346 e. The molecule has 3 nitrogen and oxygen atoms in total. The van der Waals surface area contributed by atoms with E-state index >= 15 is 0 Å². The molecule has 106 valence electrons. The molecule has 0 aromatic carbocycles. The van der Waals surface area contributed by atoms with E-state index in [-0.39, 0.29) is 0 Å². The molecule has 0 atom stereocenters. The van der Waals surface area contributed by atoms with Gasteiger partial charge in [-0.25, -0.2) is 4.98 Å². The van der Waals surface area contributed by atoms with Crippen molar-refractivity contribution >= 4 is 28.2 Å². The predicted molar refractivity (Wildman–Crippen MR) is 85.6 cm³/mol. The van der Waals surface area contributed by atoms with E-state index in [0.717, 1.165) is 12.5 Å². The summed E-state index contributed by atoms with van der Waals surface area (Å²) in [4.78, 5) is 8.92. The maximum absolute atomic E-state index is 4.97. The molecular formula is C14H23N3S2. The highest BCUT2D eigenvalue weighted by atomic mass is 32.2. The maximum atomic E-state index is 4.97. The molecule has 5 heteroatoms. The van der Waals surface area contributed by atoms with Gasteiger partial charge in [0.05, 0.1) is 5.69 Å². The summed E-state index contributed by atoms with van der Waals surface area (Å²) in [5.41, 5.74) is 1.39. The molecule has 2 aliphatic rings. The minimum absolute atomic E-state index is 0.545. The quantitative estimate of drug-likeness (QED) is 0.904. The monoisotopic (exact) mass is 297 g/mol. The van der Waals surface area contributed by atoms with Gasteiger partial charge in [0.15, 0.2) is 5.13 Å². The first-order valence-electron chi connectivity index (χ1n) is 7.29. The van der Waals surface area contributed by atoms with Gasteiger partial charge in [-0.1, -0.05) is 13.8 Å². The van der Waals surface area contributed by atoms with Crippen LogP contribution in [-0.4, -0.2) is 35.6 Å². The molecular weight excluding hydrogens is 274 g/mol. The fourth-order valence-corrected chi connectivity index (χ4v) is 4.39. The lowest BCUT2D eigenvalue weighted by Gasteiger charge is -2.25. The van der Waals surface area contributed by atoms with Crippen molar-refractivity contribution in [2.75, 3.05) is 29.5 Å². The minimum Gasteiger partial charge on any atom is -0.346 e. The summed E-state index contributed by atoms with van der Waals surface area (Å²) in [6.45, 7) is 7.74. The highest BCUT2D eigenvalue weighted by molar-refractivity contribution is 7.99. The number of nitrogens with one attached hydrogen (secondary N) is 1. The van der Waals surface area contributed by atoms with Crippen LogP contribution in [0, 0.1) is 0 Å². The zero-order valence-electron chi connectivity index (χ0n) is 11.8. The van der Waals surface area contributed by atoms with Gasteiger partial charge in [-0.05, 0) is 12.8 Å². The van der Waals surface area contributed by atoms with Crippen molar-refractivity contribution in [3.05, 3.63) is 10.6 Å². The molecule has 1 saturated carbocycles. The van der Waals surface area contributed by atoms with Crippen molar-refractivity contribution < 1.29 is 0 Å². The van der Waals surface area contributed by atoms with Crippen LogP contribution in [0.25, 0.3) is 0 Å². The van der Waals surface area contributed by atoms with Gasteiger partial charge in [-0.15, -0.1) is 11.3 Å². The van der Waals surface area contributed by atoms with Crippen LogP contribution in [0.15, 0.2) is 0 Å². The Morgan fingerprint density at radius 1 is 1.32 bits per heavy atom. The number of aromatic nitrogens is 1. The van der Waals surface area contributed by atoms with Crippen molar-refractivity contribution in [2.45, 2.75) is 45.2 Å². The van der Waals surface area contributed by atoms with Crippen LogP contribution in [0.2, 0.25) is 0 Å². The second kappa shape index (κ2) is 6.02. The third-order valence-corrected chi connectivity index (χ3v) is 5.71. The number of rotatable bonds is 5. The smallest absolute Gasteiger partial charge is 0.185 e. The highest BCUT2D eigenvalue weighted by Crippen LogP contribution is 2.44. The molecule has 0 amide bonds. The molecule has 1 saturated heterocycles. The Labute approximate surface area is 124 Å². The number of hydrogen-bond donors (Lipinski definition) is 1. The molecule has 19 heavy (non-hydrogen) atoms. The van der Waals surface area contributed by atoms with E-state index in [1.165, 1.54) is 53.1 Å². The zero-order chi connectivity index (χ0) is 13.2. The van der Waals surface area contributed by atoms with Gasteiger partial charge in [0.25, 0.3) is 0 Å². The van der Waals surface area contributed by atoms with Crippen LogP contribution in [0.5, 0.6) is 0 Å². The summed E-state index contributed by atoms with van der Waals surface area (Å²) in [7, 11) is 0. The number of anilines is 1. The summed E-state index contributed by atoms with van der Waals surface area (Å²) in [5.74, 6) is 3.25. The molecule has 2 heterocycles. The van der Waals surface area contributed by atoms with Gasteiger partial charge >= 0.3 is 0 Å². The third kappa shape index (κ3) is 3.44. The minimum atomic E-state index is 0.545. The summed E-state index contributed by atoms with van der Waals surface area (Å²) in [6.07, 6.45) is 2.68. The standard InChI is InChI=1S/C14H23N3S2/c1-10(2)15-9-12-13(11-3-4-11)16-14(19-12)17-5-7-18-8-6-17/h10-11,15H,3-9H2,1-2H3. The Morgan fingerprint density at radius 2 is 2.05 bits per heavy atom. The first kappa shape index (κ1) is 13.7. The van der Waals surface area contributed by atoms with Gasteiger partial charge in [0.1, 0.15) is 0 Å². The average Bonchev–Trinajstić information content (AvgIpc) is 3.17. The first-order valence-corrected chi connectivity index (χ1v) is 9.27. The van der Waals surface area contributed by atoms with E-state index in [1.807, 2.05) is 11.3 Å².